The van der Waals surface area contributed by atoms with Gasteiger partial charge in [-0.2, -0.15) is 4.98 Å². The summed E-state index contributed by atoms with van der Waals surface area (Å²) in [5.41, 5.74) is -0.514. The van der Waals surface area contributed by atoms with E-state index in [1.165, 1.54) is 6.42 Å². The molecule has 0 bridgehead atoms. The summed E-state index contributed by atoms with van der Waals surface area (Å²) in [6.45, 7) is 8.05. The standard InChI is InChI=1S/C24H33F2N3O4/c1-4-19(13-21(26)18(14-25)12-22(30)31)32-10-7-17-11-20(17)16-5-8-29(9-6-16)24-27-23(15(2)3)28-33-24/h4,13-17,20H,5-12H2,1-3H3,(H,30,31)/b18-14+,19-4+,21-13+/t17-,20-/m1/s1. The fourth-order valence-corrected chi connectivity index (χ4v) is 4.38. The molecule has 1 saturated heterocycles. The highest BCUT2D eigenvalue weighted by molar-refractivity contribution is 5.71. The van der Waals surface area contributed by atoms with E-state index in [4.69, 9.17) is 14.4 Å². The number of nitrogens with zero attached hydrogens (tertiary/aromatic N) is 3. The van der Waals surface area contributed by atoms with Gasteiger partial charge in [0.2, 0.25) is 0 Å². The molecule has 2 aliphatic rings. The van der Waals surface area contributed by atoms with Gasteiger partial charge in [0.15, 0.2) is 5.82 Å². The number of ether oxygens (including phenoxy) is 1. The summed E-state index contributed by atoms with van der Waals surface area (Å²) in [6.07, 6.45) is 6.12. The Morgan fingerprint density at radius 2 is 2.09 bits per heavy atom. The fraction of sp³-hybridized carbons (Fsp3) is 0.625. The van der Waals surface area contributed by atoms with Crippen molar-refractivity contribution in [2.45, 2.75) is 58.8 Å². The number of hydrogen-bond donors (Lipinski definition) is 1. The highest BCUT2D eigenvalue weighted by Gasteiger charge is 2.43. The van der Waals surface area contributed by atoms with Crippen LogP contribution in [0.5, 0.6) is 0 Å². The maximum Gasteiger partial charge on any atom is 0.324 e. The molecule has 0 spiro atoms. The van der Waals surface area contributed by atoms with Crippen LogP contribution in [0.4, 0.5) is 14.8 Å². The first kappa shape index (κ1) is 24.9. The smallest absolute Gasteiger partial charge is 0.324 e. The SMILES string of the molecule is C\C=C(/C=C(F)\C(=C\F)CC(=O)O)OCC[C@@H]1C[C@@H]1C1CCN(c2nc(C(C)C)no2)CC1. The molecule has 2 fully saturated rings. The van der Waals surface area contributed by atoms with E-state index in [0.717, 1.165) is 44.3 Å². The number of allylic oxidation sites excluding steroid dienone is 3. The lowest BCUT2D eigenvalue weighted by Crippen LogP contribution is -2.34. The summed E-state index contributed by atoms with van der Waals surface area (Å²) < 4.78 is 38.0. The molecule has 182 valence electrons. The lowest BCUT2D eigenvalue weighted by molar-refractivity contribution is -0.136. The van der Waals surface area contributed by atoms with Crippen molar-refractivity contribution in [3.05, 3.63) is 41.5 Å². The van der Waals surface area contributed by atoms with Gasteiger partial charge in [0.1, 0.15) is 11.6 Å². The molecule has 0 unspecified atom stereocenters. The molecule has 2 atom stereocenters. The Hall–Kier alpha value is -2.71. The number of carbonyl (C=O) groups is 1. The zero-order chi connectivity index (χ0) is 24.0. The molecule has 1 aromatic rings. The van der Waals surface area contributed by atoms with Gasteiger partial charge in [0.05, 0.1) is 19.4 Å². The topological polar surface area (TPSA) is 88.7 Å². The summed E-state index contributed by atoms with van der Waals surface area (Å²) >= 11 is 0. The van der Waals surface area contributed by atoms with Crippen molar-refractivity contribution >= 4 is 12.0 Å². The molecular weight excluding hydrogens is 432 g/mol. The van der Waals surface area contributed by atoms with Crippen molar-refractivity contribution in [1.29, 1.82) is 0 Å². The Balaban J connectivity index is 1.39. The molecule has 0 aromatic carbocycles. The van der Waals surface area contributed by atoms with Crippen LogP contribution in [0.15, 0.2) is 40.2 Å². The van der Waals surface area contributed by atoms with E-state index >= 15 is 0 Å². The third-order valence-corrected chi connectivity index (χ3v) is 6.43. The van der Waals surface area contributed by atoms with Crippen molar-refractivity contribution in [2.75, 3.05) is 24.6 Å². The number of halogens is 2. The number of carboxylic acids is 1. The van der Waals surface area contributed by atoms with Crippen LogP contribution >= 0.6 is 0 Å². The first-order valence-corrected chi connectivity index (χ1v) is 11.6. The van der Waals surface area contributed by atoms with Crippen LogP contribution in [0.25, 0.3) is 0 Å². The first-order valence-electron chi connectivity index (χ1n) is 11.6. The molecule has 33 heavy (non-hydrogen) atoms. The van der Waals surface area contributed by atoms with E-state index in [0.29, 0.717) is 30.4 Å². The van der Waals surface area contributed by atoms with E-state index < -0.39 is 23.8 Å². The molecule has 0 radical (unpaired) electrons. The predicted molar refractivity (Wildman–Crippen MR) is 120 cm³/mol. The van der Waals surface area contributed by atoms with Crippen LogP contribution in [0.1, 0.15) is 64.6 Å². The quantitative estimate of drug-likeness (QED) is 0.339. The summed E-state index contributed by atoms with van der Waals surface area (Å²) in [4.78, 5) is 17.4. The maximum absolute atomic E-state index is 14.1. The zero-order valence-electron chi connectivity index (χ0n) is 19.5. The van der Waals surface area contributed by atoms with Crippen molar-refractivity contribution in [3.8, 4) is 0 Å². The van der Waals surface area contributed by atoms with Crippen LogP contribution in [-0.2, 0) is 9.53 Å². The minimum atomic E-state index is -1.30. The number of anilines is 1. The van der Waals surface area contributed by atoms with Crippen LogP contribution in [0, 0.1) is 17.8 Å². The Morgan fingerprint density at radius 3 is 2.67 bits per heavy atom. The summed E-state index contributed by atoms with van der Waals surface area (Å²) in [6, 6.07) is 0.617. The van der Waals surface area contributed by atoms with Gasteiger partial charge in [-0.3, -0.25) is 4.79 Å². The average molecular weight is 466 g/mol. The van der Waals surface area contributed by atoms with Gasteiger partial charge in [-0.25, -0.2) is 8.78 Å². The fourth-order valence-electron chi connectivity index (χ4n) is 4.38. The van der Waals surface area contributed by atoms with Gasteiger partial charge < -0.3 is 19.3 Å². The van der Waals surface area contributed by atoms with Crippen LogP contribution < -0.4 is 4.90 Å². The van der Waals surface area contributed by atoms with Gasteiger partial charge in [-0.1, -0.05) is 19.0 Å². The van der Waals surface area contributed by atoms with Gasteiger partial charge in [-0.15, -0.1) is 0 Å². The first-order chi connectivity index (χ1) is 15.8. The predicted octanol–water partition coefficient (Wildman–Crippen LogP) is 5.54. The van der Waals surface area contributed by atoms with Crippen LogP contribution in [0.3, 0.4) is 0 Å². The van der Waals surface area contributed by atoms with E-state index in [2.05, 4.69) is 15.0 Å². The number of carboxylic acid groups (broad SMARTS) is 1. The monoisotopic (exact) mass is 465 g/mol. The molecule has 1 N–H and O–H groups in total. The van der Waals surface area contributed by atoms with Gasteiger partial charge in [-0.05, 0) is 56.4 Å². The van der Waals surface area contributed by atoms with Crippen LogP contribution in [-0.4, -0.2) is 40.9 Å². The van der Waals surface area contributed by atoms with Crippen molar-refractivity contribution in [1.82, 2.24) is 10.1 Å². The molecule has 9 heteroatoms. The van der Waals surface area contributed by atoms with Crippen molar-refractivity contribution in [3.63, 3.8) is 0 Å². The van der Waals surface area contributed by atoms with Gasteiger partial charge >= 0.3 is 12.0 Å². The zero-order valence-corrected chi connectivity index (χ0v) is 19.5. The van der Waals surface area contributed by atoms with E-state index in [9.17, 15) is 13.6 Å². The second-order valence-corrected chi connectivity index (χ2v) is 9.10. The van der Waals surface area contributed by atoms with Crippen molar-refractivity contribution in [2.24, 2.45) is 17.8 Å². The lowest BCUT2D eigenvalue weighted by Gasteiger charge is -2.30. The average Bonchev–Trinajstić information content (AvgIpc) is 3.38. The number of hydrogen-bond acceptors (Lipinski definition) is 6. The summed E-state index contributed by atoms with van der Waals surface area (Å²) in [5.74, 6) is 0.966. The Bertz CT molecular complexity index is 901. The highest BCUT2D eigenvalue weighted by atomic mass is 19.1. The highest BCUT2D eigenvalue weighted by Crippen LogP contribution is 2.50. The van der Waals surface area contributed by atoms with E-state index in [1.54, 1.807) is 13.0 Å². The molecular formula is C24H33F2N3O4. The second-order valence-electron chi connectivity index (χ2n) is 9.10. The largest absolute Gasteiger partial charge is 0.494 e. The third-order valence-electron chi connectivity index (χ3n) is 6.43. The Morgan fingerprint density at radius 1 is 1.36 bits per heavy atom. The molecule has 3 rings (SSSR count). The maximum atomic E-state index is 14.1. The molecule has 0 amide bonds. The molecule has 1 aromatic heterocycles. The number of piperidine rings is 1. The minimum absolute atomic E-state index is 0.0188. The van der Waals surface area contributed by atoms with Crippen LogP contribution in [0.2, 0.25) is 0 Å². The van der Waals surface area contributed by atoms with Gasteiger partial charge in [0, 0.05) is 30.7 Å². The van der Waals surface area contributed by atoms with Crippen molar-refractivity contribution < 1.29 is 27.9 Å². The lowest BCUT2D eigenvalue weighted by atomic mass is 9.90. The molecule has 1 aliphatic carbocycles. The normalized spacial score (nSPS) is 22.7. The minimum Gasteiger partial charge on any atom is -0.494 e. The summed E-state index contributed by atoms with van der Waals surface area (Å²) in [7, 11) is 0. The molecule has 1 aliphatic heterocycles. The second kappa shape index (κ2) is 11.4. The molecule has 2 heterocycles. The number of aliphatic carboxylic acids is 1. The Kier molecular flexibility index (Phi) is 8.63. The number of rotatable bonds is 11. The third kappa shape index (κ3) is 6.88. The van der Waals surface area contributed by atoms with Gasteiger partial charge in [0.25, 0.3) is 0 Å². The number of aromatic nitrogens is 2. The molecule has 7 nitrogen and oxygen atoms in total. The molecule has 1 saturated carbocycles. The Labute approximate surface area is 193 Å². The van der Waals surface area contributed by atoms with E-state index in [1.807, 2.05) is 13.8 Å². The van der Waals surface area contributed by atoms with E-state index in [-0.39, 0.29) is 18.0 Å². The summed E-state index contributed by atoms with van der Waals surface area (Å²) in [5, 5.41) is 12.8.